The van der Waals surface area contributed by atoms with Crippen molar-refractivity contribution in [2.75, 3.05) is 18.1 Å². The molecule has 1 aliphatic rings. The van der Waals surface area contributed by atoms with E-state index >= 15 is 0 Å². The smallest absolute Gasteiger partial charge is 0.154 e. The molecule has 19 heavy (non-hydrogen) atoms. The van der Waals surface area contributed by atoms with Crippen LogP contribution in [0.15, 0.2) is 30.3 Å². The highest BCUT2D eigenvalue weighted by molar-refractivity contribution is 7.91. The number of aliphatic hydroxyl groups is 2. The minimum atomic E-state index is -3.17. The molecule has 3 N–H and O–H groups in total. The molecule has 106 valence electrons. The Kier molecular flexibility index (Phi) is 4.57. The minimum Gasteiger partial charge on any atom is -0.395 e. The summed E-state index contributed by atoms with van der Waals surface area (Å²) in [7, 11) is -3.17. The third kappa shape index (κ3) is 4.01. The van der Waals surface area contributed by atoms with Crippen molar-refractivity contribution >= 4 is 9.84 Å². The van der Waals surface area contributed by atoms with Gasteiger partial charge in [0.25, 0.3) is 0 Å². The highest BCUT2D eigenvalue weighted by Gasteiger charge is 2.37. The van der Waals surface area contributed by atoms with Crippen molar-refractivity contribution in [3.8, 4) is 0 Å². The Bertz CT molecular complexity index is 503. The summed E-state index contributed by atoms with van der Waals surface area (Å²) in [5, 5.41) is 22.1. The molecule has 0 bridgehead atoms. The van der Waals surface area contributed by atoms with Gasteiger partial charge in [0.1, 0.15) is 0 Å². The van der Waals surface area contributed by atoms with Gasteiger partial charge < -0.3 is 15.5 Å². The topological polar surface area (TPSA) is 86.6 Å². The van der Waals surface area contributed by atoms with E-state index in [2.05, 4.69) is 5.32 Å². The molecule has 0 spiro atoms. The summed E-state index contributed by atoms with van der Waals surface area (Å²) in [6, 6.07) is 8.90. The van der Waals surface area contributed by atoms with Crippen LogP contribution in [0, 0.1) is 0 Å². The van der Waals surface area contributed by atoms with Crippen LogP contribution in [0.2, 0.25) is 0 Å². The van der Waals surface area contributed by atoms with Crippen LogP contribution < -0.4 is 5.32 Å². The van der Waals surface area contributed by atoms with Crippen LogP contribution in [0.5, 0.6) is 0 Å². The summed E-state index contributed by atoms with van der Waals surface area (Å²) in [5.41, 5.74) is 1.06. The molecule has 1 saturated heterocycles. The summed E-state index contributed by atoms with van der Waals surface area (Å²) in [6.07, 6.45) is -0.296. The molecular formula is C13H19NO4S. The third-order valence-electron chi connectivity index (χ3n) is 3.32. The summed E-state index contributed by atoms with van der Waals surface area (Å²) in [6.45, 7) is -0.0990. The van der Waals surface area contributed by atoms with Gasteiger partial charge in [0, 0.05) is 12.1 Å². The highest BCUT2D eigenvalue weighted by atomic mass is 32.2. The van der Waals surface area contributed by atoms with Crippen molar-refractivity contribution in [2.24, 2.45) is 0 Å². The standard InChI is InChI=1S/C13H19NO4S/c15-7-11(6-10-4-2-1-3-5-10)14-12-8-19(17,18)9-13(12)16/h1-5,11-16H,6-9H2. The largest absolute Gasteiger partial charge is 0.395 e. The van der Waals surface area contributed by atoms with Gasteiger partial charge in [-0.25, -0.2) is 8.42 Å². The van der Waals surface area contributed by atoms with Crippen molar-refractivity contribution in [1.29, 1.82) is 0 Å². The number of aliphatic hydroxyl groups excluding tert-OH is 2. The summed E-state index contributed by atoms with van der Waals surface area (Å²) < 4.78 is 22.8. The van der Waals surface area contributed by atoms with E-state index in [4.69, 9.17) is 0 Å². The van der Waals surface area contributed by atoms with E-state index in [0.29, 0.717) is 6.42 Å². The van der Waals surface area contributed by atoms with Gasteiger partial charge in [0.2, 0.25) is 0 Å². The Morgan fingerprint density at radius 3 is 2.47 bits per heavy atom. The van der Waals surface area contributed by atoms with E-state index in [0.717, 1.165) is 5.56 Å². The Morgan fingerprint density at radius 1 is 1.26 bits per heavy atom. The maximum atomic E-state index is 11.4. The first kappa shape index (κ1) is 14.5. The lowest BCUT2D eigenvalue weighted by molar-refractivity contribution is 0.145. The van der Waals surface area contributed by atoms with Crippen molar-refractivity contribution in [3.63, 3.8) is 0 Å². The molecule has 1 heterocycles. The molecule has 1 aromatic rings. The molecule has 2 rings (SSSR count). The fourth-order valence-electron chi connectivity index (χ4n) is 2.37. The monoisotopic (exact) mass is 285 g/mol. The van der Waals surface area contributed by atoms with Gasteiger partial charge in [-0.1, -0.05) is 30.3 Å². The van der Waals surface area contributed by atoms with Gasteiger partial charge in [-0.05, 0) is 12.0 Å². The van der Waals surface area contributed by atoms with Crippen LogP contribution in [-0.4, -0.2) is 54.9 Å². The maximum Gasteiger partial charge on any atom is 0.154 e. The molecule has 3 unspecified atom stereocenters. The van der Waals surface area contributed by atoms with Gasteiger partial charge in [-0.2, -0.15) is 0 Å². The van der Waals surface area contributed by atoms with Crippen LogP contribution in [-0.2, 0) is 16.3 Å². The minimum absolute atomic E-state index is 0.0700. The molecule has 0 aliphatic carbocycles. The molecule has 6 heteroatoms. The first-order valence-electron chi connectivity index (χ1n) is 6.29. The number of benzene rings is 1. The zero-order valence-corrected chi connectivity index (χ0v) is 11.4. The number of hydrogen-bond acceptors (Lipinski definition) is 5. The Hall–Kier alpha value is -0.950. The molecule has 3 atom stereocenters. The summed E-state index contributed by atoms with van der Waals surface area (Å²) in [5.74, 6) is -0.270. The van der Waals surface area contributed by atoms with Crippen LogP contribution in [0.1, 0.15) is 5.56 Å². The first-order chi connectivity index (χ1) is 9.00. The second kappa shape index (κ2) is 6.00. The molecule has 0 aromatic heterocycles. The molecule has 0 saturated carbocycles. The molecule has 1 aliphatic heterocycles. The second-order valence-electron chi connectivity index (χ2n) is 4.99. The predicted molar refractivity (Wildman–Crippen MR) is 72.6 cm³/mol. The van der Waals surface area contributed by atoms with Crippen LogP contribution >= 0.6 is 0 Å². The molecular weight excluding hydrogens is 266 g/mol. The van der Waals surface area contributed by atoms with Crippen molar-refractivity contribution < 1.29 is 18.6 Å². The zero-order chi connectivity index (χ0) is 13.9. The van der Waals surface area contributed by atoms with E-state index < -0.39 is 22.0 Å². The highest BCUT2D eigenvalue weighted by Crippen LogP contribution is 2.14. The normalized spacial score (nSPS) is 27.3. The lowest BCUT2D eigenvalue weighted by Crippen LogP contribution is -2.47. The number of sulfone groups is 1. The number of nitrogens with one attached hydrogen (secondary N) is 1. The lowest BCUT2D eigenvalue weighted by atomic mass is 10.0. The summed E-state index contributed by atoms with van der Waals surface area (Å²) >= 11 is 0. The Morgan fingerprint density at radius 2 is 1.95 bits per heavy atom. The van der Waals surface area contributed by atoms with E-state index in [1.54, 1.807) is 0 Å². The fraction of sp³-hybridized carbons (Fsp3) is 0.538. The predicted octanol–water partition coefficient (Wildman–Crippen LogP) is -0.662. The molecule has 0 radical (unpaired) electrons. The second-order valence-corrected chi connectivity index (χ2v) is 7.14. The molecule has 0 amide bonds. The molecule has 1 aromatic carbocycles. The lowest BCUT2D eigenvalue weighted by Gasteiger charge is -2.22. The van der Waals surface area contributed by atoms with Crippen LogP contribution in [0.25, 0.3) is 0 Å². The first-order valence-corrected chi connectivity index (χ1v) is 8.11. The van der Waals surface area contributed by atoms with E-state index in [1.807, 2.05) is 30.3 Å². The third-order valence-corrected chi connectivity index (χ3v) is 5.03. The fourth-order valence-corrected chi connectivity index (χ4v) is 4.12. The summed E-state index contributed by atoms with van der Waals surface area (Å²) in [4.78, 5) is 0. The van der Waals surface area contributed by atoms with E-state index in [1.165, 1.54) is 0 Å². The van der Waals surface area contributed by atoms with Crippen LogP contribution in [0.3, 0.4) is 0 Å². The van der Waals surface area contributed by atoms with Crippen LogP contribution in [0.4, 0.5) is 0 Å². The zero-order valence-electron chi connectivity index (χ0n) is 10.6. The Balaban J connectivity index is 1.96. The molecule has 5 nitrogen and oxygen atoms in total. The SMILES string of the molecule is O=S1(=O)CC(O)C(NC(CO)Cc2ccccc2)C1. The van der Waals surface area contributed by atoms with Gasteiger partial charge in [0.15, 0.2) is 9.84 Å². The van der Waals surface area contributed by atoms with Gasteiger partial charge in [0.05, 0.1) is 24.2 Å². The van der Waals surface area contributed by atoms with Gasteiger partial charge in [-0.3, -0.25) is 0 Å². The quantitative estimate of drug-likeness (QED) is 0.668. The van der Waals surface area contributed by atoms with E-state index in [9.17, 15) is 18.6 Å². The van der Waals surface area contributed by atoms with Crippen molar-refractivity contribution in [1.82, 2.24) is 5.32 Å². The average molecular weight is 285 g/mol. The van der Waals surface area contributed by atoms with E-state index in [-0.39, 0.29) is 24.2 Å². The number of hydrogen-bond donors (Lipinski definition) is 3. The Labute approximate surface area is 113 Å². The van der Waals surface area contributed by atoms with Gasteiger partial charge in [-0.15, -0.1) is 0 Å². The van der Waals surface area contributed by atoms with Gasteiger partial charge >= 0.3 is 0 Å². The van der Waals surface area contributed by atoms with Crippen molar-refractivity contribution in [3.05, 3.63) is 35.9 Å². The molecule has 1 fully saturated rings. The van der Waals surface area contributed by atoms with Crippen molar-refractivity contribution in [2.45, 2.75) is 24.6 Å². The number of rotatable bonds is 5. The maximum absolute atomic E-state index is 11.4. The average Bonchev–Trinajstić information content (AvgIpc) is 2.62.